The van der Waals surface area contributed by atoms with Crippen LogP contribution in [0.1, 0.15) is 134 Å². The summed E-state index contributed by atoms with van der Waals surface area (Å²) in [6.07, 6.45) is 1.38. The minimum atomic E-state index is -1.78. The Hall–Kier alpha value is -7.26. The zero-order chi connectivity index (χ0) is 64.4. The fourth-order valence-corrected chi connectivity index (χ4v) is 9.13. The quantitative estimate of drug-likeness (QED) is 0.0360. The van der Waals surface area contributed by atoms with Crippen molar-refractivity contribution < 1.29 is 67.7 Å². The summed E-state index contributed by atoms with van der Waals surface area (Å²) >= 11 is 0. The van der Waals surface area contributed by atoms with Crippen molar-refractivity contribution in [2.24, 2.45) is 35.3 Å². The highest BCUT2D eigenvalue weighted by Crippen LogP contribution is 2.17. The number of aliphatic hydroxyl groups is 2. The van der Waals surface area contributed by atoms with E-state index in [9.17, 15) is 67.7 Å². The third kappa shape index (κ3) is 22.6. The Kier molecular flexibility index (Phi) is 31.8. The molecule has 1 saturated heterocycles. The lowest BCUT2D eigenvalue weighted by atomic mass is 9.94. The normalized spacial score (nSPS) is 21.8. The van der Waals surface area contributed by atoms with Crippen molar-refractivity contribution in [1.29, 1.82) is 0 Å². The number of nitrogens with one attached hydrogen (secondary N) is 12. The van der Waals surface area contributed by atoms with Crippen LogP contribution in [-0.4, -0.2) is 174 Å². The number of benzene rings is 1. The smallest absolute Gasteiger partial charge is 0.245 e. The second kappa shape index (κ2) is 36.6. The van der Waals surface area contributed by atoms with Gasteiger partial charge in [0, 0.05) is 6.42 Å². The molecule has 0 aliphatic carbocycles. The van der Waals surface area contributed by atoms with Crippen LogP contribution >= 0.6 is 0 Å². The van der Waals surface area contributed by atoms with E-state index in [0.717, 1.165) is 5.56 Å². The van der Waals surface area contributed by atoms with E-state index in [4.69, 9.17) is 5.73 Å². The summed E-state index contributed by atoms with van der Waals surface area (Å²) in [6.45, 7) is 18.1. The summed E-state index contributed by atoms with van der Waals surface area (Å²) in [5, 5.41) is 52.4. The summed E-state index contributed by atoms with van der Waals surface area (Å²) in [5.74, 6) is -12.7. The van der Waals surface area contributed by atoms with E-state index < -0.39 is 193 Å². The van der Waals surface area contributed by atoms with Crippen LogP contribution in [0.5, 0.6) is 0 Å². The highest BCUT2D eigenvalue weighted by Gasteiger charge is 2.41. The van der Waals surface area contributed by atoms with Gasteiger partial charge in [-0.1, -0.05) is 132 Å². The van der Waals surface area contributed by atoms with Gasteiger partial charge in [-0.2, -0.15) is 0 Å². The van der Waals surface area contributed by atoms with Crippen LogP contribution < -0.4 is 69.5 Å². The van der Waals surface area contributed by atoms with E-state index in [2.05, 4.69) is 63.8 Å². The van der Waals surface area contributed by atoms with Crippen LogP contribution in [0.4, 0.5) is 0 Å². The Morgan fingerprint density at radius 1 is 0.506 bits per heavy atom. The Morgan fingerprint density at radius 2 is 0.906 bits per heavy atom. The molecular formula is C58H97N13O14. The number of aliphatic hydroxyl groups excluding tert-OH is 2. The number of hydrogen-bond acceptors (Lipinski definition) is 15. The Bertz CT molecular complexity index is 2440. The molecule has 1 aliphatic rings. The number of primary amides is 1. The zero-order valence-electron chi connectivity index (χ0n) is 51.6. The summed E-state index contributed by atoms with van der Waals surface area (Å²) < 4.78 is 0. The number of carbonyl (C=O) groups is 12. The predicted molar refractivity (Wildman–Crippen MR) is 315 cm³/mol. The van der Waals surface area contributed by atoms with Crippen molar-refractivity contribution >= 4 is 70.9 Å². The van der Waals surface area contributed by atoms with Gasteiger partial charge in [0.25, 0.3) is 0 Å². The largest absolute Gasteiger partial charge is 0.394 e. The number of rotatable bonds is 32. The Balaban J connectivity index is 2.41. The number of nitrogens with two attached hydrogens (primary N) is 1. The summed E-state index contributed by atoms with van der Waals surface area (Å²) in [6, 6.07) is -6.88. The van der Waals surface area contributed by atoms with Crippen molar-refractivity contribution in [3.8, 4) is 0 Å². The molecule has 0 spiro atoms. The molecule has 1 aliphatic heterocycles. The molecule has 0 bridgehead atoms. The number of carbonyl (C=O) groups excluding carboxylic acids is 12. The molecule has 17 atom stereocenters. The molecule has 1 aromatic rings. The maximum Gasteiger partial charge on any atom is 0.245 e. The monoisotopic (exact) mass is 1200 g/mol. The Labute approximate surface area is 499 Å². The second-order valence-corrected chi connectivity index (χ2v) is 22.5. The second-order valence-electron chi connectivity index (χ2n) is 22.5. The molecule has 0 aromatic heterocycles. The van der Waals surface area contributed by atoms with Gasteiger partial charge in [0.15, 0.2) is 0 Å². The standard InChI is InChI=1S/C58H97N13O14/c1-14-29(6)42-53(80)61-34(11)47(58(85)62-35(12)48(75)66-45(32(9)17-4)56(83)69-42)71-52(79)40(28-73)65-55(82)44(31(8)16-3)70-57(84)46(33(10)18-5)67-49(76)37(24-25-41(59)74)63-51(78)39(27-72)64-54(81)43(30(7)15-2)68-50(77)38(60-13)26-36-22-20-19-21-23-36/h19-23,29-35,37-40,42-47,60,72-73H,14-18,24-28H2,1-13H3,(H2,59,74)(H,61,80)(H,62,85)(H,63,78)(H,64,81)(H,65,82)(H,66,75)(H,67,76)(H,68,77)(H,69,83)(H,70,84)(H,71,79)/t29-,30-,31-,32-,33+,34-,35-,37+,38+,39-,40-,42-,43-,44-,45-,46+,47+/m0/s1. The molecule has 2 rings (SSSR count). The van der Waals surface area contributed by atoms with Gasteiger partial charge in [-0.15, -0.1) is 0 Å². The van der Waals surface area contributed by atoms with Crippen LogP contribution in [0, 0.1) is 29.6 Å². The van der Waals surface area contributed by atoms with Gasteiger partial charge in [0.05, 0.1) is 25.3 Å². The van der Waals surface area contributed by atoms with Crippen molar-refractivity contribution in [2.75, 3.05) is 20.3 Å². The van der Waals surface area contributed by atoms with E-state index in [-0.39, 0.29) is 18.8 Å². The van der Waals surface area contributed by atoms with Gasteiger partial charge >= 0.3 is 0 Å². The number of likely N-dealkylation sites (N-methyl/N-ethyl adjacent to an activating group) is 1. The van der Waals surface area contributed by atoms with Crippen LogP contribution in [0.3, 0.4) is 0 Å². The molecule has 1 aromatic carbocycles. The summed E-state index contributed by atoms with van der Waals surface area (Å²) in [5.41, 5.74) is 6.31. The Morgan fingerprint density at radius 3 is 1.34 bits per heavy atom. The molecule has 0 radical (unpaired) electrons. The maximum atomic E-state index is 14.4. The highest BCUT2D eigenvalue weighted by atomic mass is 16.3. The molecule has 27 nitrogen and oxygen atoms in total. The summed E-state index contributed by atoms with van der Waals surface area (Å²) in [4.78, 5) is 165. The first-order chi connectivity index (χ1) is 40.1. The average molecular weight is 1200 g/mol. The molecule has 1 fully saturated rings. The first-order valence-electron chi connectivity index (χ1n) is 29.6. The van der Waals surface area contributed by atoms with E-state index in [0.29, 0.717) is 25.7 Å². The third-order valence-corrected chi connectivity index (χ3v) is 16.1. The highest BCUT2D eigenvalue weighted by molar-refractivity contribution is 6.00. The first-order valence-corrected chi connectivity index (χ1v) is 29.6. The third-order valence-electron chi connectivity index (χ3n) is 16.1. The fourth-order valence-electron chi connectivity index (χ4n) is 9.13. The lowest BCUT2D eigenvalue weighted by molar-refractivity contribution is -0.138. The van der Waals surface area contributed by atoms with Crippen LogP contribution in [-0.2, 0) is 64.0 Å². The molecule has 1 heterocycles. The maximum absolute atomic E-state index is 14.4. The van der Waals surface area contributed by atoms with Gasteiger partial charge < -0.3 is 79.7 Å². The van der Waals surface area contributed by atoms with Gasteiger partial charge in [0.1, 0.15) is 60.4 Å². The van der Waals surface area contributed by atoms with Gasteiger partial charge in [0.2, 0.25) is 70.9 Å². The first kappa shape index (κ1) is 73.8. The SMILES string of the molecule is CC[C@@H](C)[C@@H](NC(=O)[C@@H](CCC(N)=O)NC(=O)[C@H](CO)NC(=O)[C@@H](NC(=O)[C@@H](Cc1ccccc1)NC)[C@@H](C)CC)C(=O)N[C@H](C(=O)N[C@@H](CO)C(=O)N[C@H]1C(=O)N[C@@H](C)C(=O)N[C@@H]([C@@H](C)CC)C(=O)N[C@@H]([C@@H](C)CC)C(=O)N[C@H]1C)[C@@H](C)CC. The van der Waals surface area contributed by atoms with Gasteiger partial charge in [-0.25, -0.2) is 0 Å². The minimum absolute atomic E-state index is 0.273. The molecule has 27 heteroatoms. The lowest BCUT2D eigenvalue weighted by Gasteiger charge is -2.32. The molecule has 0 saturated carbocycles. The van der Waals surface area contributed by atoms with Gasteiger partial charge in [-0.05, 0) is 68.9 Å². The number of amides is 12. The number of hydrogen-bond donors (Lipinski definition) is 15. The van der Waals surface area contributed by atoms with Crippen molar-refractivity contribution in [1.82, 2.24) is 63.8 Å². The van der Waals surface area contributed by atoms with E-state index >= 15 is 0 Å². The fraction of sp³-hybridized carbons (Fsp3) is 0.690. The molecule has 478 valence electrons. The molecule has 0 unspecified atom stereocenters. The van der Waals surface area contributed by atoms with Crippen LogP contribution in [0.25, 0.3) is 0 Å². The van der Waals surface area contributed by atoms with Crippen molar-refractivity contribution in [3.05, 3.63) is 35.9 Å². The van der Waals surface area contributed by atoms with E-state index in [1.54, 1.807) is 62.4 Å². The predicted octanol–water partition coefficient (Wildman–Crippen LogP) is -2.32. The molecular weight excluding hydrogens is 1100 g/mol. The van der Waals surface area contributed by atoms with Crippen molar-refractivity contribution in [3.63, 3.8) is 0 Å². The lowest BCUT2D eigenvalue weighted by Crippen LogP contribution is -2.64. The zero-order valence-corrected chi connectivity index (χ0v) is 51.6. The van der Waals surface area contributed by atoms with Crippen LogP contribution in [0.15, 0.2) is 30.3 Å². The summed E-state index contributed by atoms with van der Waals surface area (Å²) in [7, 11) is 1.60. The molecule has 85 heavy (non-hydrogen) atoms. The van der Waals surface area contributed by atoms with E-state index in [1.807, 2.05) is 44.2 Å². The minimum Gasteiger partial charge on any atom is -0.394 e. The average Bonchev–Trinajstić information content (AvgIpc) is 3.72. The molecule has 12 amide bonds. The van der Waals surface area contributed by atoms with Gasteiger partial charge in [-0.3, -0.25) is 57.5 Å². The van der Waals surface area contributed by atoms with Crippen molar-refractivity contribution in [2.45, 2.75) is 207 Å². The topological polar surface area (TPSA) is 416 Å². The molecule has 16 N–H and O–H groups in total. The van der Waals surface area contributed by atoms with Crippen LogP contribution in [0.2, 0.25) is 0 Å². The van der Waals surface area contributed by atoms with E-state index in [1.165, 1.54) is 13.8 Å².